The van der Waals surface area contributed by atoms with Crippen LogP contribution in [0.3, 0.4) is 0 Å². The summed E-state index contributed by atoms with van der Waals surface area (Å²) in [5, 5.41) is 0. The Labute approximate surface area is 79.8 Å². The van der Waals surface area contributed by atoms with Gasteiger partial charge in [0.2, 0.25) is 0 Å². The average Bonchev–Trinajstić information content (AvgIpc) is 2.11. The van der Waals surface area contributed by atoms with Crippen LogP contribution in [-0.2, 0) is 0 Å². The highest BCUT2D eigenvalue weighted by Crippen LogP contribution is 2.22. The third-order valence-electron chi connectivity index (χ3n) is 1.43. The molecule has 0 fully saturated rings. The van der Waals surface area contributed by atoms with Crippen molar-refractivity contribution in [2.24, 2.45) is 0 Å². The van der Waals surface area contributed by atoms with E-state index >= 15 is 0 Å². The SMILES string of the molecule is C=C/C=C(SC)/C(/C=C\C)=C/C. The van der Waals surface area contributed by atoms with Crippen LogP contribution >= 0.6 is 11.8 Å². The van der Waals surface area contributed by atoms with Gasteiger partial charge in [-0.1, -0.05) is 30.9 Å². The number of rotatable bonds is 4. The number of hydrogen-bond donors (Lipinski definition) is 0. The minimum Gasteiger partial charge on any atom is -0.129 e. The van der Waals surface area contributed by atoms with Crippen LogP contribution in [0, 0.1) is 0 Å². The summed E-state index contributed by atoms with van der Waals surface area (Å²) in [7, 11) is 0. The quantitative estimate of drug-likeness (QED) is 0.590. The molecule has 0 aromatic rings. The molecule has 0 aliphatic heterocycles. The lowest BCUT2D eigenvalue weighted by Gasteiger charge is -2.02. The summed E-state index contributed by atoms with van der Waals surface area (Å²) in [4.78, 5) is 1.26. The van der Waals surface area contributed by atoms with Crippen LogP contribution in [0.5, 0.6) is 0 Å². The molecule has 0 radical (unpaired) electrons. The largest absolute Gasteiger partial charge is 0.129 e. The lowest BCUT2D eigenvalue weighted by molar-refractivity contribution is 1.55. The smallest absolute Gasteiger partial charge is 0.0138 e. The Balaban J connectivity index is 4.69. The van der Waals surface area contributed by atoms with Crippen LogP contribution in [0.25, 0.3) is 0 Å². The Hall–Kier alpha value is -0.690. The van der Waals surface area contributed by atoms with E-state index in [0.717, 1.165) is 0 Å². The molecule has 0 atom stereocenters. The normalized spacial score (nSPS) is 13.9. The first-order valence-electron chi connectivity index (χ1n) is 3.96. The second kappa shape index (κ2) is 6.99. The maximum atomic E-state index is 3.68. The van der Waals surface area contributed by atoms with E-state index in [4.69, 9.17) is 0 Å². The lowest BCUT2D eigenvalue weighted by Crippen LogP contribution is -1.79. The highest BCUT2D eigenvalue weighted by molar-refractivity contribution is 8.02. The Morgan fingerprint density at radius 3 is 2.33 bits per heavy atom. The summed E-state index contributed by atoms with van der Waals surface area (Å²) in [5.41, 5.74) is 1.25. The van der Waals surface area contributed by atoms with Crippen LogP contribution in [0.4, 0.5) is 0 Å². The molecule has 0 heterocycles. The summed E-state index contributed by atoms with van der Waals surface area (Å²) in [6.07, 6.45) is 12.2. The molecule has 0 aliphatic rings. The van der Waals surface area contributed by atoms with Crippen molar-refractivity contribution in [1.82, 2.24) is 0 Å². The Morgan fingerprint density at radius 2 is 2.00 bits per heavy atom. The molecule has 0 N–H and O–H groups in total. The van der Waals surface area contributed by atoms with Crippen molar-refractivity contribution in [3.8, 4) is 0 Å². The molecule has 0 unspecified atom stereocenters. The van der Waals surface area contributed by atoms with Crippen molar-refractivity contribution >= 4 is 11.8 Å². The highest BCUT2D eigenvalue weighted by Gasteiger charge is 1.96. The minimum atomic E-state index is 1.25. The molecule has 0 saturated carbocycles. The van der Waals surface area contributed by atoms with Gasteiger partial charge in [0, 0.05) is 4.91 Å². The first-order chi connectivity index (χ1) is 5.79. The number of hydrogen-bond acceptors (Lipinski definition) is 1. The third-order valence-corrected chi connectivity index (χ3v) is 2.24. The Bertz CT molecular complexity index is 219. The second-order valence-electron chi connectivity index (χ2n) is 2.21. The molecule has 0 aromatic heterocycles. The van der Waals surface area contributed by atoms with E-state index < -0.39 is 0 Å². The predicted molar refractivity (Wildman–Crippen MR) is 60.4 cm³/mol. The van der Waals surface area contributed by atoms with Gasteiger partial charge < -0.3 is 0 Å². The van der Waals surface area contributed by atoms with Gasteiger partial charge in [-0.3, -0.25) is 0 Å². The molecule has 0 aliphatic carbocycles. The van der Waals surface area contributed by atoms with Crippen molar-refractivity contribution in [2.45, 2.75) is 13.8 Å². The first-order valence-corrected chi connectivity index (χ1v) is 5.18. The van der Waals surface area contributed by atoms with Crippen LogP contribution < -0.4 is 0 Å². The second-order valence-corrected chi connectivity index (χ2v) is 3.06. The van der Waals surface area contributed by atoms with Crippen LogP contribution in [0.15, 0.2) is 47.4 Å². The molecule has 1 heteroatoms. The van der Waals surface area contributed by atoms with Gasteiger partial charge in [0.25, 0.3) is 0 Å². The molecule has 0 rings (SSSR count). The molecule has 0 amide bonds. The zero-order valence-electron chi connectivity index (χ0n) is 8.00. The predicted octanol–water partition coefficient (Wildman–Crippen LogP) is 3.94. The Morgan fingerprint density at radius 1 is 1.33 bits per heavy atom. The van der Waals surface area contributed by atoms with Crippen molar-refractivity contribution in [3.05, 3.63) is 47.4 Å². The molecule has 0 bridgehead atoms. The molecule has 12 heavy (non-hydrogen) atoms. The monoisotopic (exact) mass is 180 g/mol. The van der Waals surface area contributed by atoms with Gasteiger partial charge in [-0.2, -0.15) is 0 Å². The fourth-order valence-electron chi connectivity index (χ4n) is 0.889. The Kier molecular flexibility index (Phi) is 6.58. The fourth-order valence-corrected chi connectivity index (χ4v) is 1.54. The average molecular weight is 180 g/mol. The van der Waals surface area contributed by atoms with E-state index in [2.05, 4.69) is 25.0 Å². The molecule has 0 nitrogen and oxygen atoms in total. The summed E-state index contributed by atoms with van der Waals surface area (Å²) in [6, 6.07) is 0. The van der Waals surface area contributed by atoms with E-state index in [1.165, 1.54) is 10.5 Å². The molecule has 0 aromatic carbocycles. The third kappa shape index (κ3) is 3.63. The maximum absolute atomic E-state index is 3.68. The van der Waals surface area contributed by atoms with E-state index in [1.807, 2.05) is 32.1 Å². The van der Waals surface area contributed by atoms with Crippen molar-refractivity contribution in [3.63, 3.8) is 0 Å². The van der Waals surface area contributed by atoms with Gasteiger partial charge >= 0.3 is 0 Å². The van der Waals surface area contributed by atoms with Gasteiger partial charge in [-0.05, 0) is 31.8 Å². The lowest BCUT2D eigenvalue weighted by atomic mass is 10.2. The molecule has 0 spiro atoms. The van der Waals surface area contributed by atoms with E-state index in [-0.39, 0.29) is 0 Å². The zero-order chi connectivity index (χ0) is 9.40. The molecular formula is C11H16S. The van der Waals surface area contributed by atoms with Gasteiger partial charge in [0.05, 0.1) is 0 Å². The maximum Gasteiger partial charge on any atom is 0.0138 e. The summed E-state index contributed by atoms with van der Waals surface area (Å²) in [6.45, 7) is 7.75. The molecule has 66 valence electrons. The molecular weight excluding hydrogens is 164 g/mol. The van der Waals surface area contributed by atoms with Crippen molar-refractivity contribution in [2.75, 3.05) is 6.26 Å². The summed E-state index contributed by atoms with van der Waals surface area (Å²) in [5.74, 6) is 0. The van der Waals surface area contributed by atoms with Crippen LogP contribution in [0.2, 0.25) is 0 Å². The topological polar surface area (TPSA) is 0 Å². The van der Waals surface area contributed by atoms with E-state index in [1.54, 1.807) is 11.8 Å². The fraction of sp³-hybridized carbons (Fsp3) is 0.273. The van der Waals surface area contributed by atoms with Gasteiger partial charge in [0.15, 0.2) is 0 Å². The number of allylic oxidation sites excluding steroid dienone is 6. The summed E-state index contributed by atoms with van der Waals surface area (Å²) >= 11 is 1.74. The standard InChI is InChI=1S/C11H16S/c1-5-8-10(7-3)11(12-4)9-6-2/h5-9H,2H2,1,3-4H3/b8-5-,10-7+,11-9-. The van der Waals surface area contributed by atoms with E-state index in [9.17, 15) is 0 Å². The van der Waals surface area contributed by atoms with Crippen LogP contribution in [0.1, 0.15) is 13.8 Å². The highest BCUT2D eigenvalue weighted by atomic mass is 32.2. The van der Waals surface area contributed by atoms with Crippen molar-refractivity contribution in [1.29, 1.82) is 0 Å². The van der Waals surface area contributed by atoms with E-state index in [0.29, 0.717) is 0 Å². The van der Waals surface area contributed by atoms with Gasteiger partial charge in [-0.25, -0.2) is 0 Å². The minimum absolute atomic E-state index is 1.25. The van der Waals surface area contributed by atoms with Crippen LogP contribution in [-0.4, -0.2) is 6.26 Å². The zero-order valence-corrected chi connectivity index (χ0v) is 8.82. The van der Waals surface area contributed by atoms with Crippen molar-refractivity contribution < 1.29 is 0 Å². The number of thioether (sulfide) groups is 1. The molecule has 0 saturated heterocycles. The van der Waals surface area contributed by atoms with Gasteiger partial charge in [0.1, 0.15) is 0 Å². The van der Waals surface area contributed by atoms with Gasteiger partial charge in [-0.15, -0.1) is 11.8 Å². The first kappa shape index (κ1) is 11.3. The summed E-state index contributed by atoms with van der Waals surface area (Å²) < 4.78 is 0.